The van der Waals surface area contributed by atoms with Crippen LogP contribution in [0.1, 0.15) is 21.5 Å². The minimum atomic E-state index is -1.01. The molecule has 2 rings (SSSR count). The van der Waals surface area contributed by atoms with Crippen LogP contribution in [0.4, 0.5) is 17.6 Å². The third-order valence-electron chi connectivity index (χ3n) is 2.79. The van der Waals surface area contributed by atoms with Crippen molar-refractivity contribution in [2.24, 2.45) is 0 Å². The third-order valence-corrected chi connectivity index (χ3v) is 3.81. The Morgan fingerprint density at radius 1 is 0.842 bits per heavy atom. The molecule has 5 heteroatoms. The molecule has 0 aliphatic rings. The second-order valence-electron chi connectivity index (χ2n) is 4.16. The lowest BCUT2D eigenvalue weighted by Crippen LogP contribution is -2.00. The highest BCUT2D eigenvalue weighted by Crippen LogP contribution is 2.34. The van der Waals surface area contributed by atoms with Crippen molar-refractivity contribution in [3.05, 3.63) is 70.3 Å². The lowest BCUT2D eigenvalue weighted by atomic mass is 10.0. The van der Waals surface area contributed by atoms with E-state index in [-0.39, 0.29) is 11.1 Å². The van der Waals surface area contributed by atoms with Crippen molar-refractivity contribution in [2.45, 2.75) is 11.8 Å². The van der Waals surface area contributed by atoms with E-state index in [4.69, 9.17) is 0 Å². The molecule has 1 unspecified atom stereocenters. The first-order chi connectivity index (χ1) is 8.90. The van der Waals surface area contributed by atoms with Gasteiger partial charge < -0.3 is 0 Å². The second-order valence-corrected chi connectivity index (χ2v) is 5.07. The summed E-state index contributed by atoms with van der Waals surface area (Å²) in [5.74, 6) is -3.37. The first kappa shape index (κ1) is 14.1. The molecule has 0 aliphatic heterocycles. The number of hydrogen-bond donors (Lipinski definition) is 0. The maximum atomic E-state index is 13.7. The Balaban J connectivity index is 2.46. The maximum Gasteiger partial charge on any atom is 0.159 e. The summed E-state index contributed by atoms with van der Waals surface area (Å²) in [5, 5.41) is 0. The molecule has 0 fully saturated rings. The average molecular weight is 333 g/mol. The molecule has 2 aromatic carbocycles. The normalized spacial score (nSPS) is 12.5. The van der Waals surface area contributed by atoms with Crippen LogP contribution in [0.3, 0.4) is 0 Å². The molecule has 0 nitrogen and oxygen atoms in total. The van der Waals surface area contributed by atoms with Gasteiger partial charge in [0.15, 0.2) is 11.6 Å². The number of halogens is 5. The fourth-order valence-corrected chi connectivity index (χ4v) is 2.36. The summed E-state index contributed by atoms with van der Waals surface area (Å²) in [6.45, 7) is 1.50. The van der Waals surface area contributed by atoms with Crippen LogP contribution in [0.25, 0.3) is 0 Å². The van der Waals surface area contributed by atoms with Gasteiger partial charge in [-0.15, -0.1) is 0 Å². The molecule has 1 atom stereocenters. The van der Waals surface area contributed by atoms with E-state index in [1.165, 1.54) is 19.1 Å². The highest BCUT2D eigenvalue weighted by Gasteiger charge is 2.18. The molecule has 0 radical (unpaired) electrons. The minimum Gasteiger partial charge on any atom is -0.207 e. The lowest BCUT2D eigenvalue weighted by Gasteiger charge is -2.13. The zero-order valence-electron chi connectivity index (χ0n) is 9.85. The van der Waals surface area contributed by atoms with Crippen LogP contribution in [0.15, 0.2) is 30.3 Å². The van der Waals surface area contributed by atoms with Crippen LogP contribution < -0.4 is 0 Å². The quantitative estimate of drug-likeness (QED) is 0.534. The van der Waals surface area contributed by atoms with Crippen molar-refractivity contribution in [2.75, 3.05) is 0 Å². The number of benzene rings is 2. The van der Waals surface area contributed by atoms with E-state index in [1.807, 2.05) is 0 Å². The molecular formula is C14H9BrF4. The van der Waals surface area contributed by atoms with Crippen LogP contribution in [0.5, 0.6) is 0 Å². The molecule has 0 heterocycles. The van der Waals surface area contributed by atoms with Crippen molar-refractivity contribution in [3.63, 3.8) is 0 Å². The van der Waals surface area contributed by atoms with Gasteiger partial charge >= 0.3 is 0 Å². The Morgan fingerprint density at radius 3 is 2.16 bits per heavy atom. The van der Waals surface area contributed by atoms with Crippen LogP contribution in [-0.4, -0.2) is 0 Å². The van der Waals surface area contributed by atoms with Gasteiger partial charge in [-0.3, -0.25) is 0 Å². The number of rotatable bonds is 2. The van der Waals surface area contributed by atoms with Crippen LogP contribution in [0, 0.1) is 30.2 Å². The van der Waals surface area contributed by atoms with Gasteiger partial charge in [-0.25, -0.2) is 17.6 Å². The first-order valence-electron chi connectivity index (χ1n) is 5.44. The summed E-state index contributed by atoms with van der Waals surface area (Å²) < 4.78 is 52.9. The molecular weight excluding hydrogens is 324 g/mol. The van der Waals surface area contributed by atoms with Gasteiger partial charge in [0.2, 0.25) is 0 Å². The minimum absolute atomic E-state index is 0.171. The smallest absolute Gasteiger partial charge is 0.159 e. The van der Waals surface area contributed by atoms with Crippen LogP contribution >= 0.6 is 15.9 Å². The molecule has 0 saturated heterocycles. The lowest BCUT2D eigenvalue weighted by molar-refractivity contribution is 0.507. The van der Waals surface area contributed by atoms with E-state index in [0.29, 0.717) is 5.56 Å². The molecule has 0 aliphatic carbocycles. The molecule has 100 valence electrons. The summed E-state index contributed by atoms with van der Waals surface area (Å²) in [4.78, 5) is -0.679. The summed E-state index contributed by atoms with van der Waals surface area (Å²) in [6, 6.07) is 5.40. The van der Waals surface area contributed by atoms with Crippen molar-refractivity contribution < 1.29 is 17.6 Å². The highest BCUT2D eigenvalue weighted by atomic mass is 79.9. The Kier molecular flexibility index (Phi) is 3.94. The van der Waals surface area contributed by atoms with E-state index < -0.39 is 28.1 Å². The SMILES string of the molecule is Cc1cc(C(Br)c2ccc(F)c(F)c2)c(F)cc1F. The predicted octanol–water partition coefficient (Wildman–Crippen LogP) is 5.04. The van der Waals surface area contributed by atoms with Gasteiger partial charge in [-0.1, -0.05) is 22.0 Å². The molecule has 0 spiro atoms. The molecule has 2 aromatic rings. The number of aryl methyl sites for hydroxylation is 1. The van der Waals surface area contributed by atoms with Crippen LogP contribution in [-0.2, 0) is 0 Å². The van der Waals surface area contributed by atoms with Gasteiger partial charge in [-0.2, -0.15) is 0 Å². The fourth-order valence-electron chi connectivity index (χ4n) is 1.72. The van der Waals surface area contributed by atoms with E-state index in [2.05, 4.69) is 15.9 Å². The van der Waals surface area contributed by atoms with Gasteiger partial charge in [0.05, 0.1) is 4.83 Å². The van der Waals surface area contributed by atoms with E-state index in [1.54, 1.807) is 0 Å². The molecule has 0 saturated carbocycles. The maximum absolute atomic E-state index is 13.7. The predicted molar refractivity (Wildman–Crippen MR) is 68.2 cm³/mol. The van der Waals surface area contributed by atoms with Gasteiger partial charge in [0.1, 0.15) is 11.6 Å². The van der Waals surface area contributed by atoms with Crippen molar-refractivity contribution in [1.29, 1.82) is 0 Å². The average Bonchev–Trinajstić information content (AvgIpc) is 2.36. The van der Waals surface area contributed by atoms with Crippen molar-refractivity contribution in [1.82, 2.24) is 0 Å². The van der Waals surface area contributed by atoms with Crippen LogP contribution in [0.2, 0.25) is 0 Å². The highest BCUT2D eigenvalue weighted by molar-refractivity contribution is 9.09. The Hall–Kier alpha value is -1.36. The molecule has 0 N–H and O–H groups in total. The van der Waals surface area contributed by atoms with Gasteiger partial charge in [0.25, 0.3) is 0 Å². The number of alkyl halides is 1. The van der Waals surface area contributed by atoms with Crippen molar-refractivity contribution >= 4 is 15.9 Å². The standard InChI is InChI=1S/C14H9BrF4/c1-7-4-9(12(18)6-11(7)17)14(15)8-2-3-10(16)13(19)5-8/h2-6,14H,1H3. The zero-order chi connectivity index (χ0) is 14.2. The molecule has 0 bridgehead atoms. The van der Waals surface area contributed by atoms with E-state index >= 15 is 0 Å². The van der Waals surface area contributed by atoms with E-state index in [0.717, 1.165) is 18.2 Å². The fraction of sp³-hybridized carbons (Fsp3) is 0.143. The second kappa shape index (κ2) is 5.33. The Bertz CT molecular complexity index is 625. The van der Waals surface area contributed by atoms with Gasteiger partial charge in [0, 0.05) is 11.6 Å². The molecule has 0 amide bonds. The van der Waals surface area contributed by atoms with E-state index in [9.17, 15) is 17.6 Å². The Morgan fingerprint density at radius 2 is 1.53 bits per heavy atom. The topological polar surface area (TPSA) is 0 Å². The van der Waals surface area contributed by atoms with Gasteiger partial charge in [-0.05, 0) is 36.2 Å². The summed E-state index contributed by atoms with van der Waals surface area (Å²) in [5.41, 5.74) is 0.803. The van der Waals surface area contributed by atoms with Crippen molar-refractivity contribution in [3.8, 4) is 0 Å². The molecule has 0 aromatic heterocycles. The summed E-state index contributed by atoms with van der Waals surface area (Å²) in [7, 11) is 0. The summed E-state index contributed by atoms with van der Waals surface area (Å²) >= 11 is 3.21. The monoisotopic (exact) mass is 332 g/mol. The zero-order valence-corrected chi connectivity index (χ0v) is 11.4. The largest absolute Gasteiger partial charge is 0.207 e. The molecule has 19 heavy (non-hydrogen) atoms. The number of hydrogen-bond acceptors (Lipinski definition) is 0. The Labute approximate surface area is 116 Å². The summed E-state index contributed by atoms with van der Waals surface area (Å²) in [6.07, 6.45) is 0. The third kappa shape index (κ3) is 2.81. The first-order valence-corrected chi connectivity index (χ1v) is 6.36.